The molecule has 7 rings (SSSR count). The number of halogens is 1. The maximum Gasteiger partial charge on any atom is 0.227 e. The van der Waals surface area contributed by atoms with Gasteiger partial charge in [0.05, 0.1) is 34.8 Å². The van der Waals surface area contributed by atoms with Crippen LogP contribution in [0.1, 0.15) is 25.7 Å². The van der Waals surface area contributed by atoms with E-state index in [0.717, 1.165) is 93.4 Å². The Morgan fingerprint density at radius 1 is 0.889 bits per heavy atom. The number of likely N-dealkylation sites (N-methyl/N-ethyl adjacent to an activating group) is 1. The summed E-state index contributed by atoms with van der Waals surface area (Å²) in [4.78, 5) is 27.1. The van der Waals surface area contributed by atoms with Gasteiger partial charge >= 0.3 is 0 Å². The Kier molecular flexibility index (Phi) is 7.72. The zero-order chi connectivity index (χ0) is 30.9. The van der Waals surface area contributed by atoms with Crippen LogP contribution in [0.3, 0.4) is 0 Å². The molecule has 1 aliphatic rings. The summed E-state index contributed by atoms with van der Waals surface area (Å²) in [7, 11) is 4.01. The Bertz CT molecular complexity index is 2010. The molecule has 0 atom stereocenters. The lowest BCUT2D eigenvalue weighted by atomic mass is 10.0. The van der Waals surface area contributed by atoms with Gasteiger partial charge in [0, 0.05) is 59.0 Å². The van der Waals surface area contributed by atoms with Gasteiger partial charge < -0.3 is 20.5 Å². The summed E-state index contributed by atoms with van der Waals surface area (Å²) in [5.41, 5.74) is 8.15. The van der Waals surface area contributed by atoms with Gasteiger partial charge in [0.25, 0.3) is 0 Å². The van der Waals surface area contributed by atoms with E-state index in [2.05, 4.69) is 46.7 Å². The molecule has 0 unspecified atom stereocenters. The number of benzene rings is 2. The average Bonchev–Trinajstić information content (AvgIpc) is 3.80. The summed E-state index contributed by atoms with van der Waals surface area (Å²) in [6.45, 7) is 1.54. The van der Waals surface area contributed by atoms with Crippen LogP contribution in [0.15, 0.2) is 73.3 Å². The number of amides is 1. The van der Waals surface area contributed by atoms with Crippen LogP contribution in [-0.2, 0) is 4.79 Å². The molecule has 1 fully saturated rings. The Balaban J connectivity index is 1.20. The van der Waals surface area contributed by atoms with Crippen molar-refractivity contribution in [3.8, 4) is 33.6 Å². The summed E-state index contributed by atoms with van der Waals surface area (Å²) < 4.78 is 14.7. The van der Waals surface area contributed by atoms with Crippen LogP contribution in [0.2, 0.25) is 0 Å². The fourth-order valence-corrected chi connectivity index (χ4v) is 6.18. The van der Waals surface area contributed by atoms with E-state index in [1.807, 2.05) is 44.4 Å². The van der Waals surface area contributed by atoms with Crippen LogP contribution < -0.4 is 10.6 Å². The lowest BCUT2D eigenvalue weighted by molar-refractivity contribution is -0.119. The van der Waals surface area contributed by atoms with Gasteiger partial charge in [-0.3, -0.25) is 19.9 Å². The highest BCUT2D eigenvalue weighted by atomic mass is 19.1. The van der Waals surface area contributed by atoms with Gasteiger partial charge in [0.2, 0.25) is 5.91 Å². The van der Waals surface area contributed by atoms with Crippen molar-refractivity contribution in [2.45, 2.75) is 25.7 Å². The van der Waals surface area contributed by atoms with Gasteiger partial charge in [0.1, 0.15) is 11.5 Å². The van der Waals surface area contributed by atoms with E-state index in [0.29, 0.717) is 12.2 Å². The van der Waals surface area contributed by atoms with E-state index in [1.165, 1.54) is 12.1 Å². The lowest BCUT2D eigenvalue weighted by Gasteiger charge is -2.13. The van der Waals surface area contributed by atoms with E-state index in [9.17, 15) is 9.18 Å². The summed E-state index contributed by atoms with van der Waals surface area (Å²) in [5, 5.41) is 16.0. The Morgan fingerprint density at radius 2 is 1.71 bits per heavy atom. The van der Waals surface area contributed by atoms with Crippen LogP contribution in [0.25, 0.3) is 55.4 Å². The third kappa shape index (κ3) is 6.01. The fraction of sp³-hybridized carbons (Fsp3) is 0.257. The molecule has 45 heavy (non-hydrogen) atoms. The number of nitrogens with zero attached hydrogens (tertiary/aromatic N) is 4. The molecule has 1 saturated carbocycles. The van der Waals surface area contributed by atoms with Gasteiger partial charge in [-0.05, 0) is 80.5 Å². The van der Waals surface area contributed by atoms with Crippen molar-refractivity contribution in [2.24, 2.45) is 5.92 Å². The molecule has 0 radical (unpaired) electrons. The molecule has 0 spiro atoms. The van der Waals surface area contributed by atoms with Gasteiger partial charge in [-0.15, -0.1) is 0 Å². The molecule has 4 aromatic heterocycles. The predicted octanol–water partition coefficient (Wildman–Crippen LogP) is 7.08. The zero-order valence-electron chi connectivity index (χ0n) is 25.3. The number of hydrogen-bond acceptors (Lipinski definition) is 6. The number of aromatic nitrogens is 5. The topological polar surface area (TPSA) is 115 Å². The average molecular weight is 603 g/mol. The highest BCUT2D eigenvalue weighted by molar-refractivity contribution is 6.02. The van der Waals surface area contributed by atoms with Gasteiger partial charge in [-0.25, -0.2) is 4.39 Å². The molecule has 0 bridgehead atoms. The minimum atomic E-state index is -0.310. The number of anilines is 2. The summed E-state index contributed by atoms with van der Waals surface area (Å²) in [6.07, 6.45) is 11.1. The molecular weight excluding hydrogens is 567 g/mol. The van der Waals surface area contributed by atoms with E-state index >= 15 is 0 Å². The maximum absolute atomic E-state index is 14.7. The SMILES string of the molecule is CN(C)CCNc1cc(F)cc(-c2cncc3[nH]c(-c4n[nH]c5ccc(-c6cncc(NC(=O)C7CCCC7)c6)cc45)cc23)c1. The van der Waals surface area contributed by atoms with E-state index in [-0.39, 0.29) is 17.6 Å². The Hall–Kier alpha value is -5.09. The van der Waals surface area contributed by atoms with Crippen molar-refractivity contribution in [3.63, 3.8) is 0 Å². The first kappa shape index (κ1) is 28.7. The minimum Gasteiger partial charge on any atom is -0.384 e. The van der Waals surface area contributed by atoms with Crippen LogP contribution in [0.4, 0.5) is 15.8 Å². The minimum absolute atomic E-state index is 0.0711. The monoisotopic (exact) mass is 602 g/mol. The standard InChI is InChI=1S/C35H35FN8O/c1-44(2)10-9-39-26-12-23(11-25(36)15-26)30-19-38-20-33-28(30)16-32(41-33)34-29-14-22(7-8-31(29)42-43-34)24-13-27(18-37-17-24)40-35(45)21-5-3-4-6-21/h7-8,11-21,39,41H,3-6,9-10H2,1-2H3,(H,40,45)(H,42,43). The molecule has 1 amide bonds. The maximum atomic E-state index is 14.7. The van der Waals surface area contributed by atoms with Crippen molar-refractivity contribution in [2.75, 3.05) is 37.8 Å². The Morgan fingerprint density at radius 3 is 2.56 bits per heavy atom. The van der Waals surface area contributed by atoms with Crippen LogP contribution in [0.5, 0.6) is 0 Å². The van der Waals surface area contributed by atoms with Crippen molar-refractivity contribution in [3.05, 3.63) is 79.1 Å². The molecule has 10 heteroatoms. The number of aromatic amines is 2. The molecule has 1 aliphatic carbocycles. The van der Waals surface area contributed by atoms with E-state index in [4.69, 9.17) is 0 Å². The molecular formula is C35H35FN8O. The molecule has 2 aromatic carbocycles. The second kappa shape index (κ2) is 12.1. The highest BCUT2D eigenvalue weighted by Gasteiger charge is 2.23. The number of H-pyrrole nitrogens is 2. The van der Waals surface area contributed by atoms with Gasteiger partial charge in [-0.2, -0.15) is 5.10 Å². The number of rotatable bonds is 9. The number of hydrogen-bond donors (Lipinski definition) is 4. The molecule has 6 aromatic rings. The largest absolute Gasteiger partial charge is 0.384 e. The second-order valence-corrected chi connectivity index (χ2v) is 12.1. The summed E-state index contributed by atoms with van der Waals surface area (Å²) in [6, 6.07) is 15.1. The van der Waals surface area contributed by atoms with Crippen LogP contribution in [-0.4, -0.2) is 63.1 Å². The molecule has 4 heterocycles. The number of fused-ring (bicyclic) bond motifs is 2. The summed E-state index contributed by atoms with van der Waals surface area (Å²) in [5.74, 6) is -0.157. The fourth-order valence-electron chi connectivity index (χ4n) is 6.18. The van der Waals surface area contributed by atoms with Crippen molar-refractivity contribution in [1.82, 2.24) is 30.0 Å². The van der Waals surface area contributed by atoms with Crippen molar-refractivity contribution >= 4 is 39.1 Å². The van der Waals surface area contributed by atoms with E-state index < -0.39 is 0 Å². The van der Waals surface area contributed by atoms with E-state index in [1.54, 1.807) is 24.8 Å². The van der Waals surface area contributed by atoms with Gasteiger partial charge in [0.15, 0.2) is 0 Å². The first-order valence-electron chi connectivity index (χ1n) is 15.3. The number of nitrogens with one attached hydrogen (secondary N) is 4. The van der Waals surface area contributed by atoms with Crippen molar-refractivity contribution < 1.29 is 9.18 Å². The highest BCUT2D eigenvalue weighted by Crippen LogP contribution is 2.36. The third-order valence-corrected chi connectivity index (χ3v) is 8.53. The predicted molar refractivity (Wildman–Crippen MR) is 177 cm³/mol. The second-order valence-electron chi connectivity index (χ2n) is 12.1. The number of pyridine rings is 2. The number of carbonyl (C=O) groups excluding carboxylic acids is 1. The van der Waals surface area contributed by atoms with Crippen LogP contribution in [0, 0.1) is 11.7 Å². The van der Waals surface area contributed by atoms with Gasteiger partial charge in [-0.1, -0.05) is 18.9 Å². The molecule has 228 valence electrons. The summed E-state index contributed by atoms with van der Waals surface area (Å²) >= 11 is 0. The first-order chi connectivity index (χ1) is 21.9. The zero-order valence-corrected chi connectivity index (χ0v) is 25.3. The third-order valence-electron chi connectivity index (χ3n) is 8.53. The Labute approximate surface area is 260 Å². The smallest absolute Gasteiger partial charge is 0.227 e. The molecule has 0 saturated heterocycles. The number of carbonyl (C=O) groups is 1. The lowest BCUT2D eigenvalue weighted by Crippen LogP contribution is -2.20. The molecule has 0 aliphatic heterocycles. The van der Waals surface area contributed by atoms with Crippen molar-refractivity contribution in [1.29, 1.82) is 0 Å². The quantitative estimate of drug-likeness (QED) is 0.141. The first-order valence-corrected chi connectivity index (χ1v) is 15.3. The normalized spacial score (nSPS) is 13.7. The molecule has 4 N–H and O–H groups in total. The van der Waals surface area contributed by atoms with Crippen LogP contribution >= 0.6 is 0 Å². The molecule has 9 nitrogen and oxygen atoms in total.